The van der Waals surface area contributed by atoms with Crippen molar-refractivity contribution in [3.05, 3.63) is 59.4 Å². The molecule has 0 spiro atoms. The Balaban J connectivity index is 0.00000264. The van der Waals surface area contributed by atoms with Crippen molar-refractivity contribution in [3.63, 3.8) is 0 Å². The molecule has 0 amide bonds. The molecule has 0 fully saturated rings. The van der Waals surface area contributed by atoms with Crippen LogP contribution in [0.2, 0.25) is 0 Å². The van der Waals surface area contributed by atoms with Crippen molar-refractivity contribution in [3.8, 4) is 0 Å². The van der Waals surface area contributed by atoms with E-state index in [4.69, 9.17) is 5.73 Å². The largest absolute Gasteiger partial charge is 0.370 e. The molecule has 124 valence electrons. The fourth-order valence-electron chi connectivity index (χ4n) is 2.24. The molecule has 1 aromatic carbocycles. The first-order valence-corrected chi connectivity index (χ1v) is 7.62. The summed E-state index contributed by atoms with van der Waals surface area (Å²) < 4.78 is 0. The topological polar surface area (TPSA) is 63.3 Å². The summed E-state index contributed by atoms with van der Waals surface area (Å²) in [5.74, 6) is 0.946. The van der Waals surface area contributed by atoms with Gasteiger partial charge in [0.1, 0.15) is 0 Å². The molecule has 0 bridgehead atoms. The summed E-state index contributed by atoms with van der Waals surface area (Å²) in [5.41, 5.74) is 10.7. The highest BCUT2D eigenvalue weighted by molar-refractivity contribution is 14.0. The normalized spacial score (nSPS) is 11.2. The second-order valence-electron chi connectivity index (χ2n) is 5.72. The van der Waals surface area contributed by atoms with Gasteiger partial charge in [-0.25, -0.2) is 0 Å². The number of halogens is 1. The Kier molecular flexibility index (Phi) is 8.02. The van der Waals surface area contributed by atoms with Gasteiger partial charge >= 0.3 is 0 Å². The number of pyridine rings is 1. The van der Waals surface area contributed by atoms with Crippen molar-refractivity contribution in [1.82, 2.24) is 4.98 Å². The fraction of sp³-hybridized carbons (Fsp3) is 0.333. The molecule has 1 heterocycles. The minimum absolute atomic E-state index is 0. The Bertz CT molecular complexity index is 653. The Morgan fingerprint density at radius 3 is 2.78 bits per heavy atom. The molecule has 2 aromatic rings. The van der Waals surface area contributed by atoms with Crippen LogP contribution in [0.1, 0.15) is 36.5 Å². The predicted octanol–water partition coefficient (Wildman–Crippen LogP) is 4.10. The molecule has 0 saturated carbocycles. The predicted molar refractivity (Wildman–Crippen MR) is 109 cm³/mol. The lowest BCUT2D eigenvalue weighted by atomic mass is 10.0. The number of hydrogen-bond donors (Lipinski definition) is 2. The van der Waals surface area contributed by atoms with Crippen LogP contribution in [0.15, 0.2) is 47.7 Å². The van der Waals surface area contributed by atoms with Crippen LogP contribution < -0.4 is 11.1 Å². The molecule has 5 heteroatoms. The van der Waals surface area contributed by atoms with Crippen molar-refractivity contribution >= 4 is 35.6 Å². The van der Waals surface area contributed by atoms with Crippen LogP contribution in [-0.4, -0.2) is 17.5 Å². The fourth-order valence-corrected chi connectivity index (χ4v) is 2.24. The summed E-state index contributed by atoms with van der Waals surface area (Å²) in [6.07, 6.45) is 4.55. The first kappa shape index (κ1) is 19.4. The second kappa shape index (κ2) is 9.50. The average molecular weight is 424 g/mol. The third kappa shape index (κ3) is 6.17. The van der Waals surface area contributed by atoms with E-state index in [1.165, 1.54) is 16.7 Å². The summed E-state index contributed by atoms with van der Waals surface area (Å²) >= 11 is 0. The van der Waals surface area contributed by atoms with E-state index in [-0.39, 0.29) is 24.0 Å². The Morgan fingerprint density at radius 1 is 1.30 bits per heavy atom. The molecule has 0 aliphatic rings. The third-order valence-corrected chi connectivity index (χ3v) is 3.63. The minimum atomic E-state index is 0. The highest BCUT2D eigenvalue weighted by Gasteiger charge is 2.01. The van der Waals surface area contributed by atoms with Crippen molar-refractivity contribution in [2.24, 2.45) is 10.7 Å². The SMILES string of the molecule is Cc1cnccc1CCN=C(N)Nc1cccc(C(C)C)c1.I. The van der Waals surface area contributed by atoms with Gasteiger partial charge in [0.15, 0.2) is 5.96 Å². The third-order valence-electron chi connectivity index (χ3n) is 3.63. The summed E-state index contributed by atoms with van der Waals surface area (Å²) in [5, 5.41) is 3.15. The first-order chi connectivity index (χ1) is 10.6. The van der Waals surface area contributed by atoms with Crippen molar-refractivity contribution in [2.45, 2.75) is 33.1 Å². The zero-order chi connectivity index (χ0) is 15.9. The standard InChI is InChI=1S/C18H24N4.HI/c1-13(2)16-5-4-6-17(11-16)22-18(19)21-10-8-15-7-9-20-12-14(15)3;/h4-7,9,11-13H,8,10H2,1-3H3,(H3,19,21,22);1H. The van der Waals surface area contributed by atoms with E-state index in [0.717, 1.165) is 12.1 Å². The van der Waals surface area contributed by atoms with E-state index in [9.17, 15) is 0 Å². The summed E-state index contributed by atoms with van der Waals surface area (Å²) in [4.78, 5) is 8.49. The maximum absolute atomic E-state index is 5.96. The van der Waals surface area contributed by atoms with Gasteiger partial charge in [0.2, 0.25) is 0 Å². The number of aliphatic imine (C=N–C) groups is 1. The smallest absolute Gasteiger partial charge is 0.193 e. The molecule has 0 saturated heterocycles. The maximum atomic E-state index is 5.96. The highest BCUT2D eigenvalue weighted by atomic mass is 127. The van der Waals surface area contributed by atoms with Gasteiger partial charge in [-0.05, 0) is 54.2 Å². The summed E-state index contributed by atoms with van der Waals surface area (Å²) in [7, 11) is 0. The number of aromatic nitrogens is 1. The number of nitrogens with one attached hydrogen (secondary N) is 1. The number of guanidine groups is 1. The van der Waals surface area contributed by atoms with Crippen molar-refractivity contribution in [2.75, 3.05) is 11.9 Å². The Morgan fingerprint density at radius 2 is 2.09 bits per heavy atom. The second-order valence-corrected chi connectivity index (χ2v) is 5.72. The zero-order valence-corrected chi connectivity index (χ0v) is 16.2. The van der Waals surface area contributed by atoms with Gasteiger partial charge in [0, 0.05) is 24.6 Å². The molecule has 0 atom stereocenters. The number of nitrogens with zero attached hydrogens (tertiary/aromatic N) is 2. The molecule has 23 heavy (non-hydrogen) atoms. The highest BCUT2D eigenvalue weighted by Crippen LogP contribution is 2.18. The van der Waals surface area contributed by atoms with E-state index < -0.39 is 0 Å². The van der Waals surface area contributed by atoms with Gasteiger partial charge in [-0.2, -0.15) is 0 Å². The zero-order valence-electron chi connectivity index (χ0n) is 13.9. The van der Waals surface area contributed by atoms with Crippen LogP contribution in [0.5, 0.6) is 0 Å². The Labute approximate surface area is 155 Å². The van der Waals surface area contributed by atoms with E-state index >= 15 is 0 Å². The molecule has 2 rings (SSSR count). The van der Waals surface area contributed by atoms with E-state index in [2.05, 4.69) is 48.2 Å². The number of anilines is 1. The quantitative estimate of drug-likeness (QED) is 0.432. The maximum Gasteiger partial charge on any atom is 0.193 e. The Hall–Kier alpha value is -1.63. The number of rotatable bonds is 5. The molecule has 0 aliphatic carbocycles. The van der Waals surface area contributed by atoms with Gasteiger partial charge in [0.25, 0.3) is 0 Å². The van der Waals surface area contributed by atoms with Gasteiger partial charge in [0.05, 0.1) is 0 Å². The van der Waals surface area contributed by atoms with Crippen LogP contribution >= 0.6 is 24.0 Å². The molecule has 3 N–H and O–H groups in total. The van der Waals surface area contributed by atoms with Gasteiger partial charge in [-0.3, -0.25) is 9.98 Å². The van der Waals surface area contributed by atoms with Crippen LogP contribution in [-0.2, 0) is 6.42 Å². The van der Waals surface area contributed by atoms with Crippen LogP contribution in [0, 0.1) is 6.92 Å². The molecule has 1 aromatic heterocycles. The minimum Gasteiger partial charge on any atom is -0.370 e. The van der Waals surface area contributed by atoms with Crippen LogP contribution in [0.3, 0.4) is 0 Å². The van der Waals surface area contributed by atoms with Crippen LogP contribution in [0.25, 0.3) is 0 Å². The molecular formula is C18H25IN4. The van der Waals surface area contributed by atoms with Gasteiger partial charge in [-0.1, -0.05) is 26.0 Å². The monoisotopic (exact) mass is 424 g/mol. The number of nitrogens with two attached hydrogens (primary N) is 1. The average Bonchev–Trinajstić information content (AvgIpc) is 2.49. The van der Waals surface area contributed by atoms with E-state index in [0.29, 0.717) is 18.4 Å². The molecule has 0 unspecified atom stereocenters. The number of benzene rings is 1. The van der Waals surface area contributed by atoms with Crippen molar-refractivity contribution < 1.29 is 0 Å². The lowest BCUT2D eigenvalue weighted by molar-refractivity contribution is 0.867. The number of hydrogen-bond acceptors (Lipinski definition) is 2. The molecule has 0 radical (unpaired) electrons. The van der Waals surface area contributed by atoms with Crippen LogP contribution in [0.4, 0.5) is 5.69 Å². The van der Waals surface area contributed by atoms with E-state index in [1.54, 1.807) is 0 Å². The number of aryl methyl sites for hydroxylation is 1. The molecule has 4 nitrogen and oxygen atoms in total. The lowest BCUT2D eigenvalue weighted by Crippen LogP contribution is -2.23. The van der Waals surface area contributed by atoms with Gasteiger partial charge < -0.3 is 11.1 Å². The van der Waals surface area contributed by atoms with E-state index in [1.807, 2.05) is 30.6 Å². The first-order valence-electron chi connectivity index (χ1n) is 7.62. The van der Waals surface area contributed by atoms with Crippen molar-refractivity contribution in [1.29, 1.82) is 0 Å². The molecular weight excluding hydrogens is 399 g/mol. The summed E-state index contributed by atoms with van der Waals surface area (Å²) in [6, 6.07) is 10.3. The lowest BCUT2D eigenvalue weighted by Gasteiger charge is -2.10. The molecule has 0 aliphatic heterocycles. The summed E-state index contributed by atoms with van der Waals surface area (Å²) in [6.45, 7) is 7.07. The van der Waals surface area contributed by atoms with Gasteiger partial charge in [-0.15, -0.1) is 24.0 Å².